The fourth-order valence-corrected chi connectivity index (χ4v) is 3.02. The third kappa shape index (κ3) is 3.20. The molecule has 1 aromatic carbocycles. The number of amides is 1. The second-order valence-electron chi connectivity index (χ2n) is 6.74. The van der Waals surface area contributed by atoms with Gasteiger partial charge in [-0.25, -0.2) is 9.97 Å². The molecule has 4 rings (SSSR count). The molecule has 7 heteroatoms. The first-order chi connectivity index (χ1) is 12.6. The molecule has 1 fully saturated rings. The van der Waals surface area contributed by atoms with Crippen molar-refractivity contribution in [3.8, 4) is 0 Å². The van der Waals surface area contributed by atoms with Crippen LogP contribution in [0.5, 0.6) is 0 Å². The van der Waals surface area contributed by atoms with E-state index in [-0.39, 0.29) is 5.91 Å². The number of imidazole rings is 1. The van der Waals surface area contributed by atoms with Gasteiger partial charge in [-0.05, 0) is 43.5 Å². The van der Waals surface area contributed by atoms with Crippen LogP contribution in [0, 0.1) is 0 Å². The number of hydrogen-bond acceptors (Lipinski definition) is 4. The normalized spacial score (nSPS) is 14.1. The van der Waals surface area contributed by atoms with Gasteiger partial charge in [-0.15, -0.1) is 0 Å². The number of aromatic nitrogens is 3. The topological polar surface area (TPSA) is 87.2 Å². The van der Waals surface area contributed by atoms with Crippen molar-refractivity contribution in [1.29, 1.82) is 0 Å². The van der Waals surface area contributed by atoms with E-state index in [0.29, 0.717) is 6.04 Å². The Hall–Kier alpha value is -3.09. The Morgan fingerprint density at radius 2 is 2.08 bits per heavy atom. The van der Waals surface area contributed by atoms with Crippen LogP contribution in [0.15, 0.2) is 36.7 Å². The maximum absolute atomic E-state index is 11.5. The highest BCUT2D eigenvalue weighted by Crippen LogP contribution is 2.26. The second kappa shape index (κ2) is 6.67. The van der Waals surface area contributed by atoms with Crippen molar-refractivity contribution in [2.24, 2.45) is 0 Å². The van der Waals surface area contributed by atoms with Crippen LogP contribution in [0.25, 0.3) is 11.0 Å². The average Bonchev–Trinajstić information content (AvgIpc) is 3.06. The van der Waals surface area contributed by atoms with Gasteiger partial charge >= 0.3 is 0 Å². The number of nitrogens with one attached hydrogen (secondary N) is 4. The first-order valence-electron chi connectivity index (χ1n) is 8.87. The van der Waals surface area contributed by atoms with Gasteiger partial charge in [0.2, 0.25) is 17.5 Å². The summed E-state index contributed by atoms with van der Waals surface area (Å²) >= 11 is 0. The van der Waals surface area contributed by atoms with Gasteiger partial charge in [0.1, 0.15) is 0 Å². The third-order valence-corrected chi connectivity index (χ3v) is 4.91. The fraction of sp³-hybridized carbons (Fsp3) is 0.316. The molecule has 0 atom stereocenters. The zero-order valence-electron chi connectivity index (χ0n) is 15.0. The van der Waals surface area contributed by atoms with E-state index in [9.17, 15) is 4.79 Å². The van der Waals surface area contributed by atoms with Crippen molar-refractivity contribution >= 4 is 40.0 Å². The highest BCUT2D eigenvalue weighted by atomic mass is 16.2. The Bertz CT molecular complexity index is 929. The molecule has 1 amide bonds. The molecule has 4 N–H and O–H groups in total. The Morgan fingerprint density at radius 3 is 2.73 bits per heavy atom. The number of nitrogens with zero attached hydrogens (tertiary/aromatic N) is 2. The lowest BCUT2D eigenvalue weighted by Gasteiger charge is -2.23. The molecule has 0 saturated heterocycles. The van der Waals surface area contributed by atoms with Crippen molar-refractivity contribution in [2.45, 2.75) is 32.2 Å². The molecule has 0 unspecified atom stereocenters. The largest absolute Gasteiger partial charge is 0.344 e. The van der Waals surface area contributed by atoms with Crippen LogP contribution >= 0.6 is 0 Å². The zero-order valence-corrected chi connectivity index (χ0v) is 15.0. The van der Waals surface area contributed by atoms with Gasteiger partial charge in [0, 0.05) is 25.7 Å². The van der Waals surface area contributed by atoms with Crippen LogP contribution in [0.4, 0.5) is 23.0 Å². The molecule has 0 radical (unpaired) electrons. The van der Waals surface area contributed by atoms with Crippen LogP contribution in [0.3, 0.4) is 0 Å². The minimum atomic E-state index is 0.00968. The van der Waals surface area contributed by atoms with Crippen molar-refractivity contribution in [2.75, 3.05) is 22.6 Å². The van der Waals surface area contributed by atoms with Crippen LogP contribution in [0.2, 0.25) is 0 Å². The highest BCUT2D eigenvalue weighted by molar-refractivity contribution is 5.91. The standard InChI is InChI=1S/C19H22N6O/c1-12(26)25(2)15-8-6-14(7-9-15)22-17-10-16-18(21-11-20-16)19(24-17)23-13-4-3-5-13/h6-11,13H,3-5H2,1-2H3,(H,20,21)(H2,22,23,24)/p+1. The predicted octanol–water partition coefficient (Wildman–Crippen LogP) is 3.07. The van der Waals surface area contributed by atoms with Gasteiger partial charge in [0.05, 0.1) is 23.6 Å². The van der Waals surface area contributed by atoms with Gasteiger partial charge in [-0.3, -0.25) is 10.1 Å². The van der Waals surface area contributed by atoms with Gasteiger partial charge < -0.3 is 15.2 Å². The molecule has 134 valence electrons. The summed E-state index contributed by atoms with van der Waals surface area (Å²) < 4.78 is 0. The number of carbonyl (C=O) groups is 1. The van der Waals surface area contributed by atoms with Crippen molar-refractivity contribution in [1.82, 2.24) is 9.97 Å². The Labute approximate surface area is 151 Å². The Morgan fingerprint density at radius 1 is 1.31 bits per heavy atom. The summed E-state index contributed by atoms with van der Waals surface area (Å²) in [4.78, 5) is 24.1. The smallest absolute Gasteiger partial charge is 0.247 e. The lowest BCUT2D eigenvalue weighted by Crippen LogP contribution is -2.31. The van der Waals surface area contributed by atoms with Gasteiger partial charge in [-0.1, -0.05) is 0 Å². The van der Waals surface area contributed by atoms with E-state index >= 15 is 0 Å². The SMILES string of the molecule is CC(=O)N(C)c1ccc(Nc2cc3[nH]cnc3c(NC3CCC3)[nH+]2)cc1. The summed E-state index contributed by atoms with van der Waals surface area (Å²) in [6.07, 6.45) is 5.38. The monoisotopic (exact) mass is 351 g/mol. The number of rotatable bonds is 5. The number of H-pyrrole nitrogens is 2. The molecule has 7 nitrogen and oxygen atoms in total. The van der Waals surface area contributed by atoms with E-state index in [2.05, 4.69) is 25.6 Å². The van der Waals surface area contributed by atoms with Crippen LogP contribution < -0.4 is 20.5 Å². The van der Waals surface area contributed by atoms with Gasteiger partial charge in [0.15, 0.2) is 5.52 Å². The minimum Gasteiger partial charge on any atom is -0.344 e. The minimum absolute atomic E-state index is 0.00968. The molecule has 26 heavy (non-hydrogen) atoms. The summed E-state index contributed by atoms with van der Waals surface area (Å²) in [5.41, 5.74) is 3.70. The second-order valence-corrected chi connectivity index (χ2v) is 6.74. The maximum Gasteiger partial charge on any atom is 0.247 e. The maximum atomic E-state index is 11.5. The van der Waals surface area contributed by atoms with Crippen molar-refractivity contribution < 1.29 is 9.78 Å². The molecule has 0 bridgehead atoms. The van der Waals surface area contributed by atoms with Gasteiger partial charge in [-0.2, -0.15) is 0 Å². The van der Waals surface area contributed by atoms with Crippen LogP contribution in [0.1, 0.15) is 26.2 Å². The Balaban J connectivity index is 1.57. The van der Waals surface area contributed by atoms with Crippen LogP contribution in [-0.4, -0.2) is 29.0 Å². The third-order valence-electron chi connectivity index (χ3n) is 4.91. The van der Waals surface area contributed by atoms with E-state index < -0.39 is 0 Å². The number of carbonyl (C=O) groups excluding carboxylic acids is 1. The number of fused-ring (bicyclic) bond motifs is 1. The van der Waals surface area contributed by atoms with Crippen molar-refractivity contribution in [3.05, 3.63) is 36.7 Å². The molecule has 1 saturated carbocycles. The Kier molecular flexibility index (Phi) is 4.20. The van der Waals surface area contributed by atoms with E-state index in [1.54, 1.807) is 25.2 Å². The molecule has 1 aliphatic rings. The predicted molar refractivity (Wildman–Crippen MR) is 103 cm³/mol. The quantitative estimate of drug-likeness (QED) is 0.659. The molecule has 3 aromatic rings. The fourth-order valence-electron chi connectivity index (χ4n) is 3.02. The lowest BCUT2D eigenvalue weighted by atomic mass is 9.93. The van der Waals surface area contributed by atoms with Crippen molar-refractivity contribution in [3.63, 3.8) is 0 Å². The summed E-state index contributed by atoms with van der Waals surface area (Å²) in [6.45, 7) is 1.55. The molecule has 1 aliphatic carbocycles. The molecular weight excluding hydrogens is 328 g/mol. The summed E-state index contributed by atoms with van der Waals surface area (Å²) in [6, 6.07) is 10.3. The number of hydrogen-bond donors (Lipinski definition) is 3. The summed E-state index contributed by atoms with van der Waals surface area (Å²) in [5, 5.41) is 6.93. The lowest BCUT2D eigenvalue weighted by molar-refractivity contribution is -0.342. The molecule has 0 spiro atoms. The molecule has 2 heterocycles. The number of anilines is 4. The highest BCUT2D eigenvalue weighted by Gasteiger charge is 2.23. The first-order valence-corrected chi connectivity index (χ1v) is 8.87. The molecular formula is C19H23N6O+. The zero-order chi connectivity index (χ0) is 18.1. The first kappa shape index (κ1) is 16.4. The number of pyridine rings is 1. The molecule has 2 aromatic heterocycles. The van der Waals surface area contributed by atoms with Crippen LogP contribution in [-0.2, 0) is 4.79 Å². The number of benzene rings is 1. The van der Waals surface area contributed by atoms with E-state index in [1.165, 1.54) is 19.3 Å². The van der Waals surface area contributed by atoms with E-state index in [4.69, 9.17) is 0 Å². The molecule has 0 aliphatic heterocycles. The average molecular weight is 351 g/mol. The summed E-state index contributed by atoms with van der Waals surface area (Å²) in [5.74, 6) is 1.82. The van der Waals surface area contributed by atoms with E-state index in [0.717, 1.165) is 34.0 Å². The van der Waals surface area contributed by atoms with E-state index in [1.807, 2.05) is 30.3 Å². The summed E-state index contributed by atoms with van der Waals surface area (Å²) in [7, 11) is 1.77. The number of aromatic amines is 2. The van der Waals surface area contributed by atoms with Gasteiger partial charge in [0.25, 0.3) is 0 Å².